The molecule has 0 spiro atoms. The van der Waals surface area contributed by atoms with Gasteiger partial charge in [-0.1, -0.05) is 24.3 Å². The fourth-order valence-electron chi connectivity index (χ4n) is 3.16. The molecule has 1 fully saturated rings. The normalized spacial score (nSPS) is 14.7. The lowest BCUT2D eigenvalue weighted by Crippen LogP contribution is -2.50. The average Bonchev–Trinajstić information content (AvgIpc) is 3.11. The molecule has 4 rings (SSSR count). The number of rotatable bonds is 2. The third-order valence-electron chi connectivity index (χ3n) is 4.56. The van der Waals surface area contributed by atoms with Gasteiger partial charge in [-0.15, -0.1) is 0 Å². The van der Waals surface area contributed by atoms with Crippen molar-refractivity contribution in [3.05, 3.63) is 71.7 Å². The zero-order chi connectivity index (χ0) is 18.1. The molecule has 0 atom stereocenters. The molecule has 0 N–H and O–H groups in total. The first kappa shape index (κ1) is 16.3. The van der Waals surface area contributed by atoms with Crippen LogP contribution in [0.1, 0.15) is 20.9 Å². The second-order valence-electron chi connectivity index (χ2n) is 6.24. The summed E-state index contributed by atoms with van der Waals surface area (Å²) in [5.74, 6) is -0.537. The lowest BCUT2D eigenvalue weighted by atomic mass is 10.1. The van der Waals surface area contributed by atoms with Crippen LogP contribution >= 0.6 is 0 Å². The lowest BCUT2D eigenvalue weighted by Gasteiger charge is -2.34. The SMILES string of the molecule is O=C(c1cccc(F)c1)N1CCN(C(=O)c2cc3ccccc3o2)CC1. The number of fused-ring (bicyclic) bond motifs is 1. The van der Waals surface area contributed by atoms with Gasteiger partial charge in [-0.3, -0.25) is 9.59 Å². The van der Waals surface area contributed by atoms with Gasteiger partial charge >= 0.3 is 0 Å². The van der Waals surface area contributed by atoms with E-state index in [0.717, 1.165) is 5.39 Å². The van der Waals surface area contributed by atoms with Crippen LogP contribution in [0.25, 0.3) is 11.0 Å². The summed E-state index contributed by atoms with van der Waals surface area (Å²) in [6.07, 6.45) is 0. The number of hydrogen-bond acceptors (Lipinski definition) is 3. The Labute approximate surface area is 149 Å². The summed E-state index contributed by atoms with van der Waals surface area (Å²) >= 11 is 0. The number of carbonyl (C=O) groups is 2. The molecule has 5 nitrogen and oxygen atoms in total. The smallest absolute Gasteiger partial charge is 0.289 e. The van der Waals surface area contributed by atoms with Crippen LogP contribution in [0.3, 0.4) is 0 Å². The molecule has 6 heteroatoms. The molecule has 1 aromatic heterocycles. The Balaban J connectivity index is 1.43. The lowest BCUT2D eigenvalue weighted by molar-refractivity contribution is 0.0519. The first-order chi connectivity index (χ1) is 12.6. The molecule has 132 valence electrons. The van der Waals surface area contributed by atoms with Crippen molar-refractivity contribution in [2.45, 2.75) is 0 Å². The van der Waals surface area contributed by atoms with Gasteiger partial charge in [0.15, 0.2) is 5.76 Å². The highest BCUT2D eigenvalue weighted by Gasteiger charge is 2.27. The summed E-state index contributed by atoms with van der Waals surface area (Å²) in [5, 5.41) is 0.885. The minimum absolute atomic E-state index is 0.181. The van der Waals surface area contributed by atoms with E-state index >= 15 is 0 Å². The van der Waals surface area contributed by atoms with E-state index in [9.17, 15) is 14.0 Å². The fraction of sp³-hybridized carbons (Fsp3) is 0.200. The number of halogens is 1. The maximum atomic E-state index is 13.3. The van der Waals surface area contributed by atoms with Crippen LogP contribution in [-0.2, 0) is 0 Å². The van der Waals surface area contributed by atoms with Gasteiger partial charge in [0.25, 0.3) is 11.8 Å². The number of amides is 2. The van der Waals surface area contributed by atoms with Gasteiger partial charge in [0.05, 0.1) is 0 Å². The third kappa shape index (κ3) is 3.06. The predicted molar refractivity (Wildman–Crippen MR) is 94.4 cm³/mol. The summed E-state index contributed by atoms with van der Waals surface area (Å²) in [4.78, 5) is 28.4. The number of nitrogens with zero attached hydrogens (tertiary/aromatic N) is 2. The largest absolute Gasteiger partial charge is 0.451 e. The van der Waals surface area contributed by atoms with Crippen molar-refractivity contribution < 1.29 is 18.4 Å². The fourth-order valence-corrected chi connectivity index (χ4v) is 3.16. The van der Waals surface area contributed by atoms with Crippen molar-refractivity contribution in [3.63, 3.8) is 0 Å². The second-order valence-corrected chi connectivity index (χ2v) is 6.24. The van der Waals surface area contributed by atoms with Gasteiger partial charge in [-0.25, -0.2) is 4.39 Å². The molecule has 2 heterocycles. The summed E-state index contributed by atoms with van der Waals surface area (Å²) in [6, 6.07) is 14.9. The Hall–Kier alpha value is -3.15. The van der Waals surface area contributed by atoms with E-state index in [4.69, 9.17) is 4.42 Å². The second kappa shape index (κ2) is 6.63. The number of benzene rings is 2. The molecule has 0 radical (unpaired) electrons. The van der Waals surface area contributed by atoms with Crippen molar-refractivity contribution >= 4 is 22.8 Å². The number of para-hydroxylation sites is 1. The summed E-state index contributed by atoms with van der Waals surface area (Å²) < 4.78 is 18.9. The Morgan fingerprint density at radius 1 is 0.846 bits per heavy atom. The zero-order valence-electron chi connectivity index (χ0n) is 14.0. The van der Waals surface area contributed by atoms with Crippen LogP contribution in [0.5, 0.6) is 0 Å². The highest BCUT2D eigenvalue weighted by molar-refractivity contribution is 5.97. The van der Waals surface area contributed by atoms with Crippen molar-refractivity contribution in [1.29, 1.82) is 0 Å². The van der Waals surface area contributed by atoms with E-state index in [2.05, 4.69) is 0 Å². The monoisotopic (exact) mass is 352 g/mol. The molecule has 0 unspecified atom stereocenters. The summed E-state index contributed by atoms with van der Waals surface area (Å²) in [5.41, 5.74) is 0.998. The molecule has 1 saturated heterocycles. The molecule has 0 aliphatic carbocycles. The Morgan fingerprint density at radius 2 is 1.54 bits per heavy atom. The average molecular weight is 352 g/mol. The molecule has 2 aromatic carbocycles. The molecular weight excluding hydrogens is 335 g/mol. The summed E-state index contributed by atoms with van der Waals surface area (Å²) in [6.45, 7) is 1.64. The Morgan fingerprint density at radius 3 is 2.23 bits per heavy atom. The van der Waals surface area contributed by atoms with Crippen molar-refractivity contribution in [2.75, 3.05) is 26.2 Å². The van der Waals surface area contributed by atoms with Crippen LogP contribution in [-0.4, -0.2) is 47.8 Å². The van der Waals surface area contributed by atoms with Crippen molar-refractivity contribution in [2.24, 2.45) is 0 Å². The van der Waals surface area contributed by atoms with Crippen LogP contribution in [0.2, 0.25) is 0 Å². The van der Waals surface area contributed by atoms with E-state index in [-0.39, 0.29) is 11.8 Å². The maximum Gasteiger partial charge on any atom is 0.289 e. The van der Waals surface area contributed by atoms with Crippen molar-refractivity contribution in [3.8, 4) is 0 Å². The van der Waals surface area contributed by atoms with Gasteiger partial charge in [-0.2, -0.15) is 0 Å². The minimum Gasteiger partial charge on any atom is -0.451 e. The Bertz CT molecular complexity index is 941. The molecule has 26 heavy (non-hydrogen) atoms. The Kier molecular flexibility index (Phi) is 4.16. The quantitative estimate of drug-likeness (QED) is 0.712. The molecule has 0 saturated carbocycles. The zero-order valence-corrected chi connectivity index (χ0v) is 14.0. The highest BCUT2D eigenvalue weighted by Crippen LogP contribution is 2.21. The van der Waals surface area contributed by atoms with Crippen LogP contribution in [0.15, 0.2) is 59.0 Å². The highest BCUT2D eigenvalue weighted by atomic mass is 19.1. The molecule has 1 aliphatic rings. The predicted octanol–water partition coefficient (Wildman–Crippen LogP) is 3.17. The van der Waals surface area contributed by atoms with Gasteiger partial charge in [0.2, 0.25) is 0 Å². The number of piperazine rings is 1. The van der Waals surface area contributed by atoms with E-state index in [1.54, 1.807) is 21.9 Å². The van der Waals surface area contributed by atoms with Gasteiger partial charge in [-0.05, 0) is 30.3 Å². The van der Waals surface area contributed by atoms with E-state index < -0.39 is 5.82 Å². The van der Waals surface area contributed by atoms with Gasteiger partial charge < -0.3 is 14.2 Å². The first-order valence-corrected chi connectivity index (χ1v) is 8.44. The van der Waals surface area contributed by atoms with E-state index in [0.29, 0.717) is 43.1 Å². The molecule has 1 aliphatic heterocycles. The molecule has 2 amide bonds. The minimum atomic E-state index is -0.436. The van der Waals surface area contributed by atoms with Crippen LogP contribution < -0.4 is 0 Å². The molecule has 0 bridgehead atoms. The number of carbonyl (C=O) groups excluding carboxylic acids is 2. The van der Waals surface area contributed by atoms with Crippen LogP contribution in [0.4, 0.5) is 4.39 Å². The standard InChI is InChI=1S/C20H17FN2O3/c21-16-6-3-5-15(12-16)19(24)22-8-10-23(11-9-22)20(25)18-13-14-4-1-2-7-17(14)26-18/h1-7,12-13H,8-11H2. The maximum absolute atomic E-state index is 13.3. The summed E-state index contributed by atoms with van der Waals surface area (Å²) in [7, 11) is 0. The van der Waals surface area contributed by atoms with E-state index in [1.807, 2.05) is 24.3 Å². The topological polar surface area (TPSA) is 53.8 Å². The van der Waals surface area contributed by atoms with Gasteiger partial charge in [0, 0.05) is 37.1 Å². The van der Waals surface area contributed by atoms with E-state index in [1.165, 1.54) is 18.2 Å². The molecular formula is C20H17FN2O3. The molecule has 3 aromatic rings. The first-order valence-electron chi connectivity index (χ1n) is 8.44. The van der Waals surface area contributed by atoms with Gasteiger partial charge in [0.1, 0.15) is 11.4 Å². The van der Waals surface area contributed by atoms with Crippen molar-refractivity contribution in [1.82, 2.24) is 9.80 Å². The van der Waals surface area contributed by atoms with Crippen LogP contribution in [0, 0.1) is 5.82 Å². The third-order valence-corrected chi connectivity index (χ3v) is 4.56. The number of hydrogen-bond donors (Lipinski definition) is 0. The number of furan rings is 1.